The minimum Gasteiger partial charge on any atom is -0.356 e. The molecule has 0 radical (unpaired) electrons. The summed E-state index contributed by atoms with van der Waals surface area (Å²) in [6.45, 7) is 6.55. The lowest BCUT2D eigenvalue weighted by Gasteiger charge is -2.18. The first-order chi connectivity index (χ1) is 7.70. The van der Waals surface area contributed by atoms with Gasteiger partial charge in [0.2, 0.25) is 0 Å². The second-order valence-electron chi connectivity index (χ2n) is 4.75. The summed E-state index contributed by atoms with van der Waals surface area (Å²) in [7, 11) is 0. The molecule has 1 unspecified atom stereocenters. The van der Waals surface area contributed by atoms with E-state index in [4.69, 9.17) is 5.73 Å². The van der Waals surface area contributed by atoms with Crippen LogP contribution in [0.1, 0.15) is 38.3 Å². The van der Waals surface area contributed by atoms with Gasteiger partial charge in [-0.3, -0.25) is 0 Å². The minimum atomic E-state index is 0.0892. The van der Waals surface area contributed by atoms with Crippen LogP contribution in [0.5, 0.6) is 0 Å². The van der Waals surface area contributed by atoms with E-state index in [1.54, 1.807) is 0 Å². The fourth-order valence-corrected chi connectivity index (χ4v) is 2.26. The summed E-state index contributed by atoms with van der Waals surface area (Å²) in [4.78, 5) is 6.82. The second-order valence-corrected chi connectivity index (χ2v) is 4.75. The highest BCUT2D eigenvalue weighted by atomic mass is 15.2. The largest absolute Gasteiger partial charge is 0.356 e. The van der Waals surface area contributed by atoms with Crippen molar-refractivity contribution in [1.82, 2.24) is 4.98 Å². The van der Waals surface area contributed by atoms with Crippen molar-refractivity contribution < 1.29 is 0 Å². The van der Waals surface area contributed by atoms with Gasteiger partial charge in [-0.2, -0.15) is 0 Å². The molecule has 0 aromatic carbocycles. The molecule has 1 aliphatic heterocycles. The number of pyridine rings is 1. The van der Waals surface area contributed by atoms with E-state index in [1.165, 1.54) is 18.4 Å². The van der Waals surface area contributed by atoms with Crippen LogP contribution in [0, 0.1) is 5.92 Å². The van der Waals surface area contributed by atoms with Crippen LogP contribution in [0.25, 0.3) is 0 Å². The third-order valence-corrected chi connectivity index (χ3v) is 3.48. The van der Waals surface area contributed by atoms with Crippen LogP contribution in [0.3, 0.4) is 0 Å². The van der Waals surface area contributed by atoms with E-state index >= 15 is 0 Å². The van der Waals surface area contributed by atoms with Crippen LogP contribution in [-0.4, -0.2) is 18.1 Å². The van der Waals surface area contributed by atoms with Gasteiger partial charge >= 0.3 is 0 Å². The Balaban J connectivity index is 2.12. The van der Waals surface area contributed by atoms with Gasteiger partial charge in [-0.1, -0.05) is 13.3 Å². The zero-order valence-corrected chi connectivity index (χ0v) is 10.2. The lowest BCUT2D eigenvalue weighted by Crippen LogP contribution is -2.21. The van der Waals surface area contributed by atoms with Gasteiger partial charge in [-0.25, -0.2) is 4.98 Å². The summed E-state index contributed by atoms with van der Waals surface area (Å²) < 4.78 is 0. The average molecular weight is 219 g/mol. The van der Waals surface area contributed by atoms with Gasteiger partial charge in [-0.05, 0) is 37.0 Å². The summed E-state index contributed by atoms with van der Waals surface area (Å²) >= 11 is 0. The van der Waals surface area contributed by atoms with E-state index in [0.717, 1.165) is 24.8 Å². The molecule has 0 saturated carbocycles. The highest BCUT2D eigenvalue weighted by Crippen LogP contribution is 2.25. The first kappa shape index (κ1) is 11.4. The number of hydrogen-bond donors (Lipinski definition) is 1. The molecular formula is C13H21N3. The topological polar surface area (TPSA) is 42.1 Å². The molecular weight excluding hydrogens is 198 g/mol. The number of nitrogens with two attached hydrogens (primary N) is 1. The molecule has 2 N–H and O–H groups in total. The summed E-state index contributed by atoms with van der Waals surface area (Å²) in [5.74, 6) is 1.92. The number of hydrogen-bond acceptors (Lipinski definition) is 3. The van der Waals surface area contributed by atoms with E-state index in [-0.39, 0.29) is 6.04 Å². The summed E-state index contributed by atoms with van der Waals surface area (Å²) in [5, 5.41) is 0. The van der Waals surface area contributed by atoms with Crippen molar-refractivity contribution in [2.45, 2.75) is 32.7 Å². The third kappa shape index (κ3) is 2.35. The maximum absolute atomic E-state index is 5.89. The molecule has 1 aromatic heterocycles. The Bertz CT molecular complexity index is 349. The molecule has 88 valence electrons. The number of nitrogens with zero attached hydrogens (tertiary/aromatic N) is 2. The molecule has 1 fully saturated rings. The molecule has 3 heteroatoms. The Morgan fingerprint density at radius 3 is 3.06 bits per heavy atom. The van der Waals surface area contributed by atoms with E-state index in [2.05, 4.69) is 22.9 Å². The lowest BCUT2D eigenvalue weighted by atomic mass is 10.1. The molecule has 1 saturated heterocycles. The quantitative estimate of drug-likeness (QED) is 0.848. The Kier molecular flexibility index (Phi) is 3.44. The maximum atomic E-state index is 5.89. The second kappa shape index (κ2) is 4.83. The number of rotatable bonds is 3. The van der Waals surface area contributed by atoms with Gasteiger partial charge < -0.3 is 10.6 Å². The Morgan fingerprint density at radius 1 is 1.62 bits per heavy atom. The van der Waals surface area contributed by atoms with Gasteiger partial charge in [0.05, 0.1) is 0 Å². The fraction of sp³-hybridized carbons (Fsp3) is 0.615. The predicted molar refractivity (Wildman–Crippen MR) is 67.5 cm³/mol. The van der Waals surface area contributed by atoms with E-state index in [9.17, 15) is 0 Å². The van der Waals surface area contributed by atoms with Crippen LogP contribution in [0.15, 0.2) is 18.3 Å². The third-order valence-electron chi connectivity index (χ3n) is 3.48. The normalized spacial score (nSPS) is 22.4. The summed E-state index contributed by atoms with van der Waals surface area (Å²) in [6.07, 6.45) is 4.43. The predicted octanol–water partition coefficient (Wildman–Crippen LogP) is 2.34. The van der Waals surface area contributed by atoms with Crippen LogP contribution in [0.4, 0.5) is 5.82 Å². The standard InChI is InChI=1S/C13H21N3/c1-3-11-5-7-16(9-11)13-8-12(10(2)14)4-6-15-13/h4,6,8,10-11H,3,5,7,9,14H2,1-2H3/t10-,11?/m0/s1. The molecule has 0 amide bonds. The average Bonchev–Trinajstić information content (AvgIpc) is 2.77. The Hall–Kier alpha value is -1.09. The maximum Gasteiger partial charge on any atom is 0.128 e. The smallest absolute Gasteiger partial charge is 0.128 e. The molecule has 3 nitrogen and oxygen atoms in total. The first-order valence-corrected chi connectivity index (χ1v) is 6.17. The van der Waals surface area contributed by atoms with Crippen LogP contribution < -0.4 is 10.6 Å². The van der Waals surface area contributed by atoms with Crippen molar-refractivity contribution in [3.63, 3.8) is 0 Å². The summed E-state index contributed by atoms with van der Waals surface area (Å²) in [5.41, 5.74) is 7.06. The van der Waals surface area contributed by atoms with Crippen molar-refractivity contribution in [2.24, 2.45) is 11.7 Å². The van der Waals surface area contributed by atoms with E-state index in [1.807, 2.05) is 19.2 Å². The van der Waals surface area contributed by atoms with Crippen molar-refractivity contribution in [1.29, 1.82) is 0 Å². The van der Waals surface area contributed by atoms with Crippen LogP contribution in [0.2, 0.25) is 0 Å². The van der Waals surface area contributed by atoms with Gasteiger partial charge in [0, 0.05) is 25.3 Å². The molecule has 1 aliphatic rings. The number of anilines is 1. The van der Waals surface area contributed by atoms with Crippen molar-refractivity contribution in [3.05, 3.63) is 23.9 Å². The lowest BCUT2D eigenvalue weighted by molar-refractivity contribution is 0.568. The SMILES string of the molecule is CCC1CCN(c2cc([C@H](C)N)ccn2)C1. The van der Waals surface area contributed by atoms with Crippen LogP contribution in [-0.2, 0) is 0 Å². The zero-order chi connectivity index (χ0) is 11.5. The zero-order valence-electron chi connectivity index (χ0n) is 10.2. The Morgan fingerprint density at radius 2 is 2.44 bits per heavy atom. The number of aromatic nitrogens is 1. The highest BCUT2D eigenvalue weighted by molar-refractivity contribution is 5.42. The molecule has 0 aliphatic carbocycles. The van der Waals surface area contributed by atoms with Crippen molar-refractivity contribution in [2.75, 3.05) is 18.0 Å². The van der Waals surface area contributed by atoms with Crippen LogP contribution >= 0.6 is 0 Å². The minimum absolute atomic E-state index is 0.0892. The van der Waals surface area contributed by atoms with Gasteiger partial charge in [-0.15, -0.1) is 0 Å². The van der Waals surface area contributed by atoms with E-state index in [0.29, 0.717) is 0 Å². The molecule has 2 heterocycles. The molecule has 16 heavy (non-hydrogen) atoms. The molecule has 2 rings (SSSR count). The summed E-state index contributed by atoms with van der Waals surface area (Å²) in [6, 6.07) is 4.22. The van der Waals surface area contributed by atoms with Crippen molar-refractivity contribution >= 4 is 5.82 Å². The first-order valence-electron chi connectivity index (χ1n) is 6.17. The molecule has 2 atom stereocenters. The van der Waals surface area contributed by atoms with Gasteiger partial charge in [0.15, 0.2) is 0 Å². The monoisotopic (exact) mass is 219 g/mol. The molecule has 1 aromatic rings. The molecule has 0 bridgehead atoms. The molecule has 0 spiro atoms. The van der Waals surface area contributed by atoms with Gasteiger partial charge in [0.25, 0.3) is 0 Å². The fourth-order valence-electron chi connectivity index (χ4n) is 2.26. The highest BCUT2D eigenvalue weighted by Gasteiger charge is 2.22. The Labute approximate surface area is 97.7 Å². The van der Waals surface area contributed by atoms with Gasteiger partial charge in [0.1, 0.15) is 5.82 Å². The van der Waals surface area contributed by atoms with Crippen molar-refractivity contribution in [3.8, 4) is 0 Å². The van der Waals surface area contributed by atoms with E-state index < -0.39 is 0 Å².